The second-order valence-corrected chi connectivity index (χ2v) is 10.7. The Bertz CT molecular complexity index is 1190. The fourth-order valence-electron chi connectivity index (χ4n) is 3.85. The molecule has 188 valence electrons. The van der Waals surface area contributed by atoms with Gasteiger partial charge in [0.1, 0.15) is 22.4 Å². The van der Waals surface area contributed by atoms with Crippen molar-refractivity contribution in [1.29, 1.82) is 0 Å². The van der Waals surface area contributed by atoms with Crippen LogP contribution in [0.5, 0.6) is 5.75 Å². The number of aliphatic hydroxyl groups is 1. The zero-order chi connectivity index (χ0) is 25.6. The lowest BCUT2D eigenvalue weighted by atomic mass is 10.0. The van der Waals surface area contributed by atoms with Crippen molar-refractivity contribution in [2.45, 2.75) is 50.7 Å². The molecule has 1 amide bonds. The third-order valence-electron chi connectivity index (χ3n) is 5.96. The summed E-state index contributed by atoms with van der Waals surface area (Å²) in [6.45, 7) is 5.64. The van der Waals surface area contributed by atoms with Crippen molar-refractivity contribution in [3.63, 3.8) is 0 Å². The van der Waals surface area contributed by atoms with E-state index in [9.17, 15) is 18.3 Å². The number of likely N-dealkylation sites (N-methyl/N-ethyl adjacent to an activating group) is 1. The lowest BCUT2D eigenvalue weighted by molar-refractivity contribution is 0.0559. The molecule has 35 heavy (non-hydrogen) atoms. The number of benzene rings is 1. The van der Waals surface area contributed by atoms with Crippen LogP contribution in [0.1, 0.15) is 49.7 Å². The molecule has 1 aromatic heterocycles. The summed E-state index contributed by atoms with van der Waals surface area (Å²) in [5.74, 6) is 5.79. The molecular weight excluding hydrogens is 466 g/mol. The zero-order valence-corrected chi connectivity index (χ0v) is 21.5. The normalized spacial score (nSPS) is 20.3. The van der Waals surface area contributed by atoms with Crippen molar-refractivity contribution in [3.05, 3.63) is 53.9 Å². The first kappa shape index (κ1) is 26.7. The number of sulfonamides is 1. The molecular formula is C26H33N3O5S. The van der Waals surface area contributed by atoms with Crippen LogP contribution in [0.25, 0.3) is 0 Å². The smallest absolute Gasteiger partial charge is 0.272 e. The largest absolute Gasteiger partial charge is 0.487 e. The van der Waals surface area contributed by atoms with Gasteiger partial charge in [0, 0.05) is 43.7 Å². The lowest BCUT2D eigenvalue weighted by Gasteiger charge is -2.37. The molecule has 3 rings (SSSR count). The number of rotatable bonds is 6. The highest BCUT2D eigenvalue weighted by Gasteiger charge is 2.38. The highest BCUT2D eigenvalue weighted by molar-refractivity contribution is 7.89. The van der Waals surface area contributed by atoms with Gasteiger partial charge in [-0.15, -0.1) is 0 Å². The molecule has 1 aliphatic rings. The maximum Gasteiger partial charge on any atom is 0.272 e. The molecule has 0 aliphatic carbocycles. The number of unbranched alkanes of at least 4 members (excludes halogenated alkanes) is 1. The number of aliphatic hydroxyl groups excluding tert-OH is 1. The van der Waals surface area contributed by atoms with Gasteiger partial charge in [-0.05, 0) is 43.7 Å². The number of ether oxygens (including phenoxy) is 1. The average molecular weight is 500 g/mol. The quantitative estimate of drug-likeness (QED) is 0.614. The van der Waals surface area contributed by atoms with E-state index in [1.165, 1.54) is 15.3 Å². The molecule has 0 bridgehead atoms. The van der Waals surface area contributed by atoms with E-state index in [1.807, 2.05) is 13.8 Å². The minimum absolute atomic E-state index is 0.0226. The maximum atomic E-state index is 13.5. The van der Waals surface area contributed by atoms with E-state index < -0.39 is 22.2 Å². The number of hydrogen-bond donors (Lipinski definition) is 1. The molecule has 0 unspecified atom stereocenters. The Balaban J connectivity index is 2.01. The van der Waals surface area contributed by atoms with E-state index in [0.29, 0.717) is 11.3 Å². The molecule has 0 spiro atoms. The fraction of sp³-hybridized carbons (Fsp3) is 0.462. The molecule has 2 heterocycles. The molecule has 2 aromatic rings. The van der Waals surface area contributed by atoms with Crippen LogP contribution in [0, 0.1) is 17.8 Å². The van der Waals surface area contributed by atoms with Crippen LogP contribution in [0.2, 0.25) is 0 Å². The van der Waals surface area contributed by atoms with Gasteiger partial charge in [0.2, 0.25) is 10.0 Å². The topological polar surface area (TPSA) is 100 Å². The average Bonchev–Trinajstić information content (AvgIpc) is 2.85. The van der Waals surface area contributed by atoms with Gasteiger partial charge in [0.05, 0.1) is 13.2 Å². The van der Waals surface area contributed by atoms with Crippen LogP contribution in [-0.4, -0.2) is 72.5 Å². The third-order valence-corrected chi connectivity index (χ3v) is 7.98. The van der Waals surface area contributed by atoms with Gasteiger partial charge in [-0.1, -0.05) is 31.8 Å². The number of hydrogen-bond acceptors (Lipinski definition) is 6. The van der Waals surface area contributed by atoms with E-state index in [2.05, 4.69) is 16.8 Å². The molecule has 8 nitrogen and oxygen atoms in total. The first-order valence-electron chi connectivity index (χ1n) is 11.8. The van der Waals surface area contributed by atoms with Crippen LogP contribution >= 0.6 is 0 Å². The van der Waals surface area contributed by atoms with Crippen molar-refractivity contribution in [2.24, 2.45) is 5.92 Å². The monoisotopic (exact) mass is 499 g/mol. The van der Waals surface area contributed by atoms with Crippen molar-refractivity contribution >= 4 is 15.9 Å². The SMILES string of the molecule is CCCC#Cc1ccc2c(c1)O[C@@H](CN(C)C(=O)c1ccccn1)[C@H](C)CN([C@H](C)CO)S2(=O)=O. The number of nitrogens with zero attached hydrogens (tertiary/aromatic N) is 3. The van der Waals surface area contributed by atoms with Gasteiger partial charge in [-0.25, -0.2) is 8.42 Å². The second-order valence-electron chi connectivity index (χ2n) is 8.85. The molecule has 0 fully saturated rings. The van der Waals surface area contributed by atoms with Crippen LogP contribution in [0.15, 0.2) is 47.5 Å². The summed E-state index contributed by atoms with van der Waals surface area (Å²) in [4.78, 5) is 18.6. The summed E-state index contributed by atoms with van der Waals surface area (Å²) in [6, 6.07) is 9.34. The maximum absolute atomic E-state index is 13.5. The van der Waals surface area contributed by atoms with Crippen LogP contribution in [-0.2, 0) is 10.0 Å². The predicted octanol–water partition coefficient (Wildman–Crippen LogP) is 2.77. The Hall–Kier alpha value is -2.93. The van der Waals surface area contributed by atoms with Crippen molar-refractivity contribution in [2.75, 3.05) is 26.7 Å². The second kappa shape index (κ2) is 11.7. The first-order chi connectivity index (χ1) is 16.7. The number of aromatic nitrogens is 1. The van der Waals surface area contributed by atoms with Crippen LogP contribution in [0.3, 0.4) is 0 Å². The molecule has 0 radical (unpaired) electrons. The Morgan fingerprint density at radius 3 is 2.77 bits per heavy atom. The van der Waals surface area contributed by atoms with Crippen LogP contribution < -0.4 is 4.74 Å². The van der Waals surface area contributed by atoms with Gasteiger partial charge >= 0.3 is 0 Å². The van der Waals surface area contributed by atoms with E-state index >= 15 is 0 Å². The molecule has 0 saturated heterocycles. The van der Waals surface area contributed by atoms with E-state index in [4.69, 9.17) is 4.74 Å². The first-order valence-corrected chi connectivity index (χ1v) is 13.2. The Kier molecular flexibility index (Phi) is 8.89. The Morgan fingerprint density at radius 2 is 2.11 bits per heavy atom. The molecule has 0 saturated carbocycles. The fourth-order valence-corrected chi connectivity index (χ4v) is 5.67. The number of amides is 1. The summed E-state index contributed by atoms with van der Waals surface area (Å²) in [5.41, 5.74) is 0.972. The van der Waals surface area contributed by atoms with E-state index in [0.717, 1.165) is 12.8 Å². The predicted molar refractivity (Wildman–Crippen MR) is 133 cm³/mol. The van der Waals surface area contributed by atoms with Gasteiger partial charge in [-0.2, -0.15) is 4.31 Å². The molecule has 1 aromatic carbocycles. The minimum Gasteiger partial charge on any atom is -0.487 e. The zero-order valence-electron chi connectivity index (χ0n) is 20.6. The summed E-state index contributed by atoms with van der Waals surface area (Å²) < 4.78 is 34.7. The van der Waals surface area contributed by atoms with Gasteiger partial charge in [0.25, 0.3) is 5.91 Å². The summed E-state index contributed by atoms with van der Waals surface area (Å²) in [5, 5.41) is 9.77. The summed E-state index contributed by atoms with van der Waals surface area (Å²) >= 11 is 0. The van der Waals surface area contributed by atoms with Crippen molar-refractivity contribution in [1.82, 2.24) is 14.2 Å². The summed E-state index contributed by atoms with van der Waals surface area (Å²) in [7, 11) is -2.26. The van der Waals surface area contributed by atoms with Crippen molar-refractivity contribution < 1.29 is 23.1 Å². The third kappa shape index (κ3) is 6.20. The standard InChI is InChI=1S/C26H33N3O5S/c1-5-6-7-10-21-12-13-25-23(15-21)34-24(17-28(4)26(31)22-11-8-9-14-27-22)19(2)16-29(20(3)18-30)35(25,32)33/h8-9,11-15,19-20,24,30H,5-6,16-18H2,1-4H3/t19-,20-,24+/m1/s1. The molecule has 1 N–H and O–H groups in total. The van der Waals surface area contributed by atoms with Crippen LogP contribution in [0.4, 0.5) is 0 Å². The van der Waals surface area contributed by atoms with E-state index in [1.54, 1.807) is 50.5 Å². The highest BCUT2D eigenvalue weighted by Crippen LogP contribution is 2.34. The molecule has 1 aliphatic heterocycles. The molecule has 3 atom stereocenters. The van der Waals surface area contributed by atoms with Crippen molar-refractivity contribution in [3.8, 4) is 17.6 Å². The van der Waals surface area contributed by atoms with Gasteiger partial charge < -0.3 is 14.7 Å². The Labute approximate surface area is 208 Å². The number of fused-ring (bicyclic) bond motifs is 1. The number of carbonyl (C=O) groups excluding carboxylic acids is 1. The van der Waals surface area contributed by atoms with Gasteiger partial charge in [-0.3, -0.25) is 9.78 Å². The molecule has 9 heteroatoms. The highest BCUT2D eigenvalue weighted by atomic mass is 32.2. The lowest BCUT2D eigenvalue weighted by Crippen LogP contribution is -2.50. The number of pyridine rings is 1. The Morgan fingerprint density at radius 1 is 1.34 bits per heavy atom. The summed E-state index contributed by atoms with van der Waals surface area (Å²) in [6.07, 6.45) is 2.71. The van der Waals surface area contributed by atoms with E-state index in [-0.39, 0.29) is 42.2 Å². The number of carbonyl (C=O) groups is 1. The minimum atomic E-state index is -3.93. The van der Waals surface area contributed by atoms with Gasteiger partial charge in [0.15, 0.2) is 0 Å².